The Bertz CT molecular complexity index is 1830. The molecule has 0 spiro atoms. The van der Waals surface area contributed by atoms with Gasteiger partial charge in [-0.1, -0.05) is 18.2 Å². The molecule has 0 saturated carbocycles. The standard InChI is InChI=1S/C30H27FN4O3S3/c1-18(2)35-15-14-23-26(17-35)40-30(27(23)29-32-24-8-3-4-9-25(24)39-29)33-28(36)19-6-5-7-21(16-19)34-41(37,38)22-12-10-20(31)11-13-22/h3-13,16,18,34H,14-15,17H2,1-2H3,(H,33,36). The monoisotopic (exact) mass is 606 g/mol. The Morgan fingerprint density at radius 2 is 1.80 bits per heavy atom. The fraction of sp³-hybridized carbons (Fsp3) is 0.200. The van der Waals surface area contributed by atoms with Crippen LogP contribution in [0.5, 0.6) is 0 Å². The summed E-state index contributed by atoms with van der Waals surface area (Å²) in [5.41, 5.74) is 3.64. The Morgan fingerprint density at radius 1 is 1.02 bits per heavy atom. The second-order valence-electron chi connectivity index (χ2n) is 10.1. The number of carbonyl (C=O) groups is 1. The lowest BCUT2D eigenvalue weighted by Gasteiger charge is -2.30. The van der Waals surface area contributed by atoms with Crippen LogP contribution in [-0.2, 0) is 23.0 Å². The molecule has 0 fully saturated rings. The molecule has 11 heteroatoms. The van der Waals surface area contributed by atoms with E-state index in [1.807, 2.05) is 24.3 Å². The number of benzene rings is 3. The molecule has 0 saturated heterocycles. The number of halogens is 1. The molecular weight excluding hydrogens is 580 g/mol. The van der Waals surface area contributed by atoms with Gasteiger partial charge in [0.25, 0.3) is 15.9 Å². The number of aromatic nitrogens is 1. The zero-order valence-corrected chi connectivity index (χ0v) is 24.8. The van der Waals surface area contributed by atoms with E-state index < -0.39 is 15.8 Å². The summed E-state index contributed by atoms with van der Waals surface area (Å²) in [6.07, 6.45) is 0.867. The van der Waals surface area contributed by atoms with Gasteiger partial charge in [-0.3, -0.25) is 14.4 Å². The molecule has 2 N–H and O–H groups in total. The highest BCUT2D eigenvalue weighted by atomic mass is 32.2. The first kappa shape index (κ1) is 27.5. The molecule has 1 amide bonds. The van der Waals surface area contributed by atoms with E-state index in [4.69, 9.17) is 4.98 Å². The molecule has 41 heavy (non-hydrogen) atoms. The molecule has 0 bridgehead atoms. The molecule has 6 rings (SSSR count). The Labute approximate surface area is 245 Å². The largest absolute Gasteiger partial charge is 0.313 e. The molecule has 5 aromatic rings. The summed E-state index contributed by atoms with van der Waals surface area (Å²) < 4.78 is 42.5. The van der Waals surface area contributed by atoms with E-state index in [0.29, 0.717) is 11.6 Å². The van der Waals surface area contributed by atoms with Crippen molar-refractivity contribution in [2.45, 2.75) is 37.8 Å². The number of fused-ring (bicyclic) bond motifs is 2. The predicted octanol–water partition coefficient (Wildman–Crippen LogP) is 6.98. The van der Waals surface area contributed by atoms with E-state index in [2.05, 4.69) is 28.8 Å². The van der Waals surface area contributed by atoms with Crippen LogP contribution in [0.2, 0.25) is 0 Å². The van der Waals surface area contributed by atoms with E-state index in [9.17, 15) is 17.6 Å². The number of thiophene rings is 1. The van der Waals surface area contributed by atoms with Crippen molar-refractivity contribution >= 4 is 59.5 Å². The molecule has 0 atom stereocenters. The molecular formula is C30H27FN4O3S3. The van der Waals surface area contributed by atoms with Gasteiger partial charge < -0.3 is 5.32 Å². The maximum atomic E-state index is 13.5. The average Bonchev–Trinajstić information content (AvgIpc) is 3.53. The summed E-state index contributed by atoms with van der Waals surface area (Å²) in [7, 11) is -3.96. The number of amides is 1. The van der Waals surface area contributed by atoms with Crippen LogP contribution in [0.3, 0.4) is 0 Å². The summed E-state index contributed by atoms with van der Waals surface area (Å²) in [6, 6.07) is 19.3. The number of carbonyl (C=O) groups excluding carboxylic acids is 1. The van der Waals surface area contributed by atoms with Gasteiger partial charge in [0.2, 0.25) is 0 Å². The SMILES string of the molecule is CC(C)N1CCc2c(sc(NC(=O)c3cccc(NS(=O)(=O)c4ccc(F)cc4)c3)c2-c2nc3ccccc3s2)C1. The van der Waals surface area contributed by atoms with Crippen LogP contribution >= 0.6 is 22.7 Å². The first-order chi connectivity index (χ1) is 19.7. The van der Waals surface area contributed by atoms with Gasteiger partial charge in [-0.15, -0.1) is 22.7 Å². The van der Waals surface area contributed by atoms with E-state index in [1.165, 1.54) is 28.6 Å². The van der Waals surface area contributed by atoms with Crippen molar-refractivity contribution < 1.29 is 17.6 Å². The van der Waals surface area contributed by atoms with Crippen LogP contribution in [0.4, 0.5) is 15.1 Å². The van der Waals surface area contributed by atoms with E-state index in [1.54, 1.807) is 40.9 Å². The highest BCUT2D eigenvalue weighted by molar-refractivity contribution is 7.92. The predicted molar refractivity (Wildman–Crippen MR) is 164 cm³/mol. The summed E-state index contributed by atoms with van der Waals surface area (Å²) in [4.78, 5) is 22.0. The van der Waals surface area contributed by atoms with Crippen LogP contribution < -0.4 is 10.0 Å². The van der Waals surface area contributed by atoms with Gasteiger partial charge in [0, 0.05) is 40.8 Å². The fourth-order valence-electron chi connectivity index (χ4n) is 4.88. The second-order valence-corrected chi connectivity index (χ2v) is 13.9. The molecule has 1 aliphatic heterocycles. The van der Waals surface area contributed by atoms with E-state index in [-0.39, 0.29) is 16.5 Å². The first-order valence-corrected chi connectivity index (χ1v) is 16.2. The zero-order valence-electron chi connectivity index (χ0n) is 22.3. The van der Waals surface area contributed by atoms with E-state index in [0.717, 1.165) is 57.4 Å². The molecule has 7 nitrogen and oxygen atoms in total. The van der Waals surface area contributed by atoms with Crippen LogP contribution in [0.1, 0.15) is 34.6 Å². The summed E-state index contributed by atoms with van der Waals surface area (Å²) in [6.45, 7) is 6.12. The smallest absolute Gasteiger partial charge is 0.261 e. The molecule has 0 unspecified atom stereocenters. The van der Waals surface area contributed by atoms with Gasteiger partial charge in [-0.05, 0) is 80.4 Å². The number of sulfonamides is 1. The van der Waals surface area contributed by atoms with Crippen molar-refractivity contribution in [1.82, 2.24) is 9.88 Å². The number of nitrogens with zero attached hydrogens (tertiary/aromatic N) is 2. The maximum Gasteiger partial charge on any atom is 0.261 e. The lowest BCUT2D eigenvalue weighted by molar-refractivity contribution is 0.102. The van der Waals surface area contributed by atoms with Crippen molar-refractivity contribution in [2.75, 3.05) is 16.6 Å². The third kappa shape index (κ3) is 5.62. The fourth-order valence-corrected chi connectivity index (χ4v) is 8.31. The zero-order chi connectivity index (χ0) is 28.7. The van der Waals surface area contributed by atoms with Crippen molar-refractivity contribution in [3.8, 4) is 10.6 Å². The normalized spacial score (nSPS) is 13.9. The van der Waals surface area contributed by atoms with Crippen molar-refractivity contribution in [2.24, 2.45) is 0 Å². The lowest BCUT2D eigenvalue weighted by atomic mass is 10.0. The van der Waals surface area contributed by atoms with E-state index >= 15 is 0 Å². The molecule has 3 heterocycles. The minimum atomic E-state index is -3.96. The number of para-hydroxylation sites is 1. The maximum absolute atomic E-state index is 13.5. The number of nitrogens with one attached hydrogen (secondary N) is 2. The summed E-state index contributed by atoms with van der Waals surface area (Å²) in [5, 5.41) is 4.72. The van der Waals surface area contributed by atoms with Crippen LogP contribution in [-0.4, -0.2) is 36.8 Å². The van der Waals surface area contributed by atoms with Crippen molar-refractivity contribution in [3.63, 3.8) is 0 Å². The molecule has 210 valence electrons. The third-order valence-electron chi connectivity index (χ3n) is 7.05. The number of hydrogen-bond acceptors (Lipinski definition) is 7. The van der Waals surface area contributed by atoms with Gasteiger partial charge in [0.15, 0.2) is 0 Å². The number of anilines is 2. The molecule has 0 radical (unpaired) electrons. The number of rotatable bonds is 7. The Balaban J connectivity index is 1.31. The quantitative estimate of drug-likeness (QED) is 0.209. The molecule has 2 aromatic heterocycles. The number of hydrogen-bond donors (Lipinski definition) is 2. The lowest BCUT2D eigenvalue weighted by Crippen LogP contribution is -2.35. The second kappa shape index (κ2) is 11.0. The van der Waals surface area contributed by atoms with Crippen LogP contribution in [0.15, 0.2) is 77.7 Å². The summed E-state index contributed by atoms with van der Waals surface area (Å²) in [5.74, 6) is -0.880. The molecule has 0 aliphatic carbocycles. The van der Waals surface area contributed by atoms with Crippen molar-refractivity contribution in [3.05, 3.63) is 94.6 Å². The minimum Gasteiger partial charge on any atom is -0.313 e. The molecule has 3 aromatic carbocycles. The van der Waals surface area contributed by atoms with Gasteiger partial charge in [-0.2, -0.15) is 0 Å². The van der Waals surface area contributed by atoms with Gasteiger partial charge in [0.05, 0.1) is 15.1 Å². The Morgan fingerprint density at radius 3 is 2.56 bits per heavy atom. The highest BCUT2D eigenvalue weighted by Crippen LogP contribution is 2.46. The minimum absolute atomic E-state index is 0.0751. The third-order valence-corrected chi connectivity index (χ3v) is 10.6. The Kier molecular flexibility index (Phi) is 7.37. The van der Waals surface area contributed by atoms with Gasteiger partial charge >= 0.3 is 0 Å². The topological polar surface area (TPSA) is 91.4 Å². The van der Waals surface area contributed by atoms with Crippen molar-refractivity contribution in [1.29, 1.82) is 0 Å². The molecule has 1 aliphatic rings. The Hall–Kier alpha value is -3.64. The number of thiazole rings is 1. The van der Waals surface area contributed by atoms with Gasteiger partial charge in [-0.25, -0.2) is 17.8 Å². The van der Waals surface area contributed by atoms with Crippen LogP contribution in [0.25, 0.3) is 20.8 Å². The summed E-state index contributed by atoms with van der Waals surface area (Å²) >= 11 is 3.18. The van der Waals surface area contributed by atoms with Crippen LogP contribution in [0, 0.1) is 5.82 Å². The van der Waals surface area contributed by atoms with Gasteiger partial charge in [0.1, 0.15) is 15.8 Å². The average molecular weight is 607 g/mol. The first-order valence-electron chi connectivity index (χ1n) is 13.1. The highest BCUT2D eigenvalue weighted by Gasteiger charge is 2.29.